The van der Waals surface area contributed by atoms with E-state index in [1.165, 1.54) is 18.3 Å². The van der Waals surface area contributed by atoms with Gasteiger partial charge in [-0.1, -0.05) is 42.5 Å². The third-order valence-electron chi connectivity index (χ3n) is 4.00. The highest BCUT2D eigenvalue weighted by Gasteiger charge is 2.23. The summed E-state index contributed by atoms with van der Waals surface area (Å²) < 4.78 is 57.0. The first kappa shape index (κ1) is 22.7. The number of alkyl halides is 3. The molecule has 2 nitrogen and oxygen atoms in total. The molecule has 1 aromatic heterocycles. The van der Waals surface area contributed by atoms with Crippen LogP contribution < -0.4 is 4.74 Å². The number of allylic oxidation sites excluding steroid dienone is 5. The van der Waals surface area contributed by atoms with Crippen LogP contribution in [0.3, 0.4) is 0 Å². The average molecular weight is 426 g/mol. The number of aromatic nitrogens is 1. The molecule has 0 N–H and O–H groups in total. The van der Waals surface area contributed by atoms with E-state index in [4.69, 9.17) is 11.6 Å². The highest BCUT2D eigenvalue weighted by Crippen LogP contribution is 2.34. The minimum Gasteiger partial charge on any atom is -0.454 e. The van der Waals surface area contributed by atoms with E-state index in [1.54, 1.807) is 24.3 Å². The molecule has 0 aliphatic carbocycles. The Bertz CT molecular complexity index is 881. The maximum atomic E-state index is 14.2. The first-order valence-corrected chi connectivity index (χ1v) is 9.17. The second-order valence-corrected chi connectivity index (χ2v) is 6.60. The molecule has 0 saturated heterocycles. The summed E-state index contributed by atoms with van der Waals surface area (Å²) in [6, 6.07) is 6.77. The smallest absolute Gasteiger partial charge is 0.304 e. The Labute approximate surface area is 172 Å². The zero-order chi connectivity index (χ0) is 21.4. The molecule has 7 heteroatoms. The summed E-state index contributed by atoms with van der Waals surface area (Å²) in [4.78, 5) is 4.31. The van der Waals surface area contributed by atoms with E-state index in [0.717, 1.165) is 11.6 Å². The van der Waals surface area contributed by atoms with Gasteiger partial charge in [-0.15, -0.1) is 0 Å². The van der Waals surface area contributed by atoms with Crippen molar-refractivity contribution < 1.29 is 22.3 Å². The molecule has 0 saturated carbocycles. The summed E-state index contributed by atoms with van der Waals surface area (Å²) in [5.41, 5.74) is 1.86. The number of hydrogen-bond donors (Lipinski definition) is 0. The normalized spacial score (nSPS) is 14.2. The second kappa shape index (κ2) is 10.8. The van der Waals surface area contributed by atoms with Crippen LogP contribution in [0.5, 0.6) is 5.75 Å². The molecule has 0 fully saturated rings. The molecule has 0 bridgehead atoms. The van der Waals surface area contributed by atoms with Gasteiger partial charge in [0.25, 0.3) is 6.36 Å². The first-order chi connectivity index (χ1) is 13.8. The Morgan fingerprint density at radius 1 is 1.24 bits per heavy atom. The Balaban J connectivity index is 2.50. The van der Waals surface area contributed by atoms with Gasteiger partial charge in [0.2, 0.25) is 0 Å². The Hall–Kier alpha value is -2.60. The number of benzene rings is 1. The maximum absolute atomic E-state index is 14.2. The van der Waals surface area contributed by atoms with Gasteiger partial charge in [0, 0.05) is 23.9 Å². The third kappa shape index (κ3) is 6.75. The molecular weight excluding hydrogens is 406 g/mol. The van der Waals surface area contributed by atoms with Crippen LogP contribution >= 0.6 is 11.6 Å². The monoisotopic (exact) mass is 425 g/mol. The summed E-state index contributed by atoms with van der Waals surface area (Å²) in [5, 5.41) is 0.434. The number of nitrogens with zero attached hydrogens (tertiary/aromatic N) is 1. The van der Waals surface area contributed by atoms with Crippen LogP contribution in [0, 0.1) is 5.82 Å². The van der Waals surface area contributed by atoms with E-state index in [9.17, 15) is 17.6 Å². The Morgan fingerprint density at radius 3 is 2.59 bits per heavy atom. The van der Waals surface area contributed by atoms with Gasteiger partial charge in [-0.3, -0.25) is 4.98 Å². The fourth-order valence-corrected chi connectivity index (χ4v) is 2.93. The van der Waals surface area contributed by atoms with Gasteiger partial charge in [0.1, 0.15) is 11.6 Å². The van der Waals surface area contributed by atoms with Gasteiger partial charge in [0.15, 0.2) is 0 Å². The van der Waals surface area contributed by atoms with E-state index >= 15 is 0 Å². The van der Waals surface area contributed by atoms with E-state index in [-0.39, 0.29) is 5.75 Å². The molecule has 2 rings (SSSR count). The molecule has 29 heavy (non-hydrogen) atoms. The van der Waals surface area contributed by atoms with Crippen LogP contribution in [-0.4, -0.2) is 17.8 Å². The molecule has 0 aliphatic heterocycles. The molecule has 2 atom stereocenters. The minimum atomic E-state index is -3.34. The Kier molecular flexibility index (Phi) is 8.46. The lowest BCUT2D eigenvalue weighted by molar-refractivity contribution is -0.0670. The van der Waals surface area contributed by atoms with Gasteiger partial charge in [-0.05, 0) is 48.7 Å². The summed E-state index contributed by atoms with van der Waals surface area (Å²) in [5.74, 6) is -1.53. The maximum Gasteiger partial charge on any atom is 0.304 e. The van der Waals surface area contributed by atoms with Crippen LogP contribution in [-0.2, 0) is 0 Å². The predicted molar refractivity (Wildman–Crippen MR) is 107 cm³/mol. The molecule has 0 radical (unpaired) electrons. The van der Waals surface area contributed by atoms with Crippen molar-refractivity contribution in [2.75, 3.05) is 0 Å². The highest BCUT2D eigenvalue weighted by molar-refractivity contribution is 6.30. The van der Waals surface area contributed by atoms with E-state index < -0.39 is 24.5 Å². The van der Waals surface area contributed by atoms with Crippen LogP contribution in [0.2, 0.25) is 5.02 Å². The molecule has 0 aliphatic rings. The van der Waals surface area contributed by atoms with E-state index in [1.807, 2.05) is 19.1 Å². The Morgan fingerprint density at radius 2 is 2.00 bits per heavy atom. The van der Waals surface area contributed by atoms with Crippen molar-refractivity contribution in [3.05, 3.63) is 95.1 Å². The topological polar surface area (TPSA) is 22.1 Å². The van der Waals surface area contributed by atoms with Gasteiger partial charge in [-0.2, -0.15) is 4.39 Å². The van der Waals surface area contributed by atoms with Crippen molar-refractivity contribution in [3.63, 3.8) is 0 Å². The van der Waals surface area contributed by atoms with Crippen LogP contribution in [0.15, 0.2) is 73.0 Å². The number of pyridine rings is 1. The van der Waals surface area contributed by atoms with Gasteiger partial charge >= 0.3 is 6.43 Å². The van der Waals surface area contributed by atoms with Crippen molar-refractivity contribution >= 4 is 11.6 Å². The number of ether oxygens (including phenoxy) is 1. The zero-order valence-corrected chi connectivity index (χ0v) is 16.4. The summed E-state index contributed by atoms with van der Waals surface area (Å²) in [7, 11) is 0. The van der Waals surface area contributed by atoms with Gasteiger partial charge < -0.3 is 4.74 Å². The van der Waals surface area contributed by atoms with Crippen molar-refractivity contribution in [2.45, 2.75) is 32.0 Å². The predicted octanol–water partition coefficient (Wildman–Crippen LogP) is 7.02. The zero-order valence-electron chi connectivity index (χ0n) is 15.7. The van der Waals surface area contributed by atoms with Crippen molar-refractivity contribution in [2.24, 2.45) is 0 Å². The number of rotatable bonds is 9. The lowest BCUT2D eigenvalue weighted by Gasteiger charge is -2.20. The second-order valence-electron chi connectivity index (χ2n) is 6.16. The highest BCUT2D eigenvalue weighted by atomic mass is 35.5. The van der Waals surface area contributed by atoms with Crippen molar-refractivity contribution in [3.8, 4) is 5.75 Å². The van der Waals surface area contributed by atoms with Gasteiger partial charge in [0.05, 0.1) is 5.02 Å². The molecule has 154 valence electrons. The van der Waals surface area contributed by atoms with Crippen LogP contribution in [0.1, 0.15) is 30.5 Å². The molecule has 1 heterocycles. The molecule has 0 spiro atoms. The summed E-state index contributed by atoms with van der Waals surface area (Å²) >= 11 is 5.91. The van der Waals surface area contributed by atoms with Crippen LogP contribution in [0.25, 0.3) is 0 Å². The lowest BCUT2D eigenvalue weighted by atomic mass is 9.88. The first-order valence-electron chi connectivity index (χ1n) is 8.79. The van der Waals surface area contributed by atoms with Gasteiger partial charge in [-0.25, -0.2) is 13.2 Å². The minimum absolute atomic E-state index is 0.327. The summed E-state index contributed by atoms with van der Waals surface area (Å²) in [6.07, 6.45) is 2.81. The number of halogens is 5. The number of hydrogen-bond acceptors (Lipinski definition) is 2. The van der Waals surface area contributed by atoms with E-state index in [2.05, 4.69) is 16.3 Å². The largest absolute Gasteiger partial charge is 0.454 e. The quantitative estimate of drug-likeness (QED) is 0.318. The molecule has 0 amide bonds. The standard InChI is InChI=1S/C22H20ClF4NO/c1-3-5-14(6-4-2)9-19(20-8-7-16(23)13-28-20)15-10-17(24)12-18(11-15)29-22(27)21(25)26/h3-8,10-13,19,21-22H,1,9H2,2H3/b6-4-,14-5+/t19-,22?/m0/s1. The lowest BCUT2D eigenvalue weighted by Crippen LogP contribution is -2.19. The van der Waals surface area contributed by atoms with Crippen LogP contribution in [0.4, 0.5) is 17.6 Å². The molecular formula is C22H20ClF4NO. The average Bonchev–Trinajstić information content (AvgIpc) is 2.66. The van der Waals surface area contributed by atoms with Crippen molar-refractivity contribution in [1.29, 1.82) is 0 Å². The molecule has 2 aromatic rings. The van der Waals surface area contributed by atoms with E-state index in [0.29, 0.717) is 22.7 Å². The van der Waals surface area contributed by atoms with Crippen molar-refractivity contribution in [1.82, 2.24) is 4.98 Å². The molecule has 1 aromatic carbocycles. The molecule has 1 unspecified atom stereocenters. The third-order valence-corrected chi connectivity index (χ3v) is 4.23. The SMILES string of the molecule is C=C/C=C(\C=C/C)C[C@@H](c1cc(F)cc(OC(F)C(F)F)c1)c1ccc(Cl)cn1. The summed E-state index contributed by atoms with van der Waals surface area (Å²) in [6.45, 7) is 5.54. The fourth-order valence-electron chi connectivity index (χ4n) is 2.81. The fraction of sp³-hybridized carbons (Fsp3) is 0.227.